The molecule has 0 bridgehead atoms. The van der Waals surface area contributed by atoms with E-state index in [1.165, 1.54) is 23.1 Å². The third-order valence-corrected chi connectivity index (χ3v) is 3.32. The molecule has 0 atom stereocenters. The van der Waals surface area contributed by atoms with E-state index < -0.39 is 0 Å². The van der Waals surface area contributed by atoms with Crippen molar-refractivity contribution in [3.8, 4) is 0 Å². The number of rotatable bonds is 2. The molecule has 0 aliphatic rings. The largest absolute Gasteiger partial charge is 0.368 e. The second kappa shape index (κ2) is 4.20. The second-order valence-electron chi connectivity index (χ2n) is 2.19. The fraction of sp³-hybridized carbons (Fsp3) is 0. The van der Waals surface area contributed by atoms with Crippen LogP contribution >= 0.6 is 39.0 Å². The van der Waals surface area contributed by atoms with Crippen LogP contribution in [0.5, 0.6) is 0 Å². The Hall–Kier alpha value is -0.730. The molecule has 14 heavy (non-hydrogen) atoms. The number of aromatic nitrogens is 4. The van der Waals surface area contributed by atoms with Crippen molar-refractivity contribution < 1.29 is 0 Å². The second-order valence-corrected chi connectivity index (χ2v) is 5.11. The van der Waals surface area contributed by atoms with Crippen molar-refractivity contribution in [3.05, 3.63) is 16.2 Å². The molecule has 0 saturated heterocycles. The van der Waals surface area contributed by atoms with Gasteiger partial charge in [-0.2, -0.15) is 0 Å². The third-order valence-electron chi connectivity index (χ3n) is 1.22. The van der Waals surface area contributed by atoms with Gasteiger partial charge in [0, 0.05) is 6.07 Å². The van der Waals surface area contributed by atoms with Gasteiger partial charge in [-0.1, -0.05) is 11.3 Å². The molecule has 0 fully saturated rings. The van der Waals surface area contributed by atoms with Crippen LogP contribution < -0.4 is 5.73 Å². The molecular formula is C6H4BrN5S2. The van der Waals surface area contributed by atoms with Crippen LogP contribution in [0.3, 0.4) is 0 Å². The minimum atomic E-state index is 0.242. The van der Waals surface area contributed by atoms with Crippen molar-refractivity contribution in [2.24, 2.45) is 0 Å². The number of nitrogens with zero attached hydrogens (tertiary/aromatic N) is 4. The maximum Gasteiger partial charge on any atom is 0.222 e. The van der Waals surface area contributed by atoms with E-state index in [4.69, 9.17) is 5.73 Å². The summed E-state index contributed by atoms with van der Waals surface area (Å²) in [6, 6.07) is 1.78. The number of hydrogen-bond acceptors (Lipinski definition) is 7. The monoisotopic (exact) mass is 289 g/mol. The number of nitrogens with two attached hydrogens (primary N) is 1. The first-order valence-corrected chi connectivity index (χ1v) is 5.97. The summed E-state index contributed by atoms with van der Waals surface area (Å²) >= 11 is 6.10. The normalized spacial score (nSPS) is 10.4. The van der Waals surface area contributed by atoms with E-state index >= 15 is 0 Å². The molecule has 8 heteroatoms. The zero-order valence-electron chi connectivity index (χ0n) is 6.72. The molecule has 0 spiro atoms. The molecule has 5 nitrogen and oxygen atoms in total. The predicted molar refractivity (Wildman–Crippen MR) is 58.2 cm³/mol. The first-order valence-electron chi connectivity index (χ1n) is 3.48. The molecule has 2 heterocycles. The molecule has 0 radical (unpaired) electrons. The topological polar surface area (TPSA) is 77.6 Å². The summed E-state index contributed by atoms with van der Waals surface area (Å²) in [5, 5.41) is 8.36. The Bertz CT molecular complexity index is 412. The molecule has 0 aromatic carbocycles. The average Bonchev–Trinajstić information content (AvgIpc) is 2.54. The minimum absolute atomic E-state index is 0.242. The van der Waals surface area contributed by atoms with Gasteiger partial charge in [0.2, 0.25) is 5.95 Å². The average molecular weight is 290 g/mol. The lowest BCUT2D eigenvalue weighted by atomic mass is 10.7. The smallest absolute Gasteiger partial charge is 0.222 e. The van der Waals surface area contributed by atoms with Gasteiger partial charge in [-0.15, -0.1) is 10.2 Å². The van der Waals surface area contributed by atoms with Gasteiger partial charge in [0.15, 0.2) is 4.34 Å². The van der Waals surface area contributed by atoms with Crippen molar-refractivity contribution in [2.45, 2.75) is 9.37 Å². The molecule has 72 valence electrons. The van der Waals surface area contributed by atoms with E-state index in [2.05, 4.69) is 36.1 Å². The molecule has 0 amide bonds. The Kier molecular flexibility index (Phi) is 2.94. The minimum Gasteiger partial charge on any atom is -0.368 e. The van der Waals surface area contributed by atoms with E-state index in [-0.39, 0.29) is 5.95 Å². The van der Waals surface area contributed by atoms with Gasteiger partial charge >= 0.3 is 0 Å². The van der Waals surface area contributed by atoms with Gasteiger partial charge in [0.05, 0.1) is 0 Å². The maximum absolute atomic E-state index is 5.49. The van der Waals surface area contributed by atoms with Crippen molar-refractivity contribution in [2.75, 3.05) is 5.73 Å². The lowest BCUT2D eigenvalue weighted by molar-refractivity contribution is 0.999. The van der Waals surface area contributed by atoms with Crippen LogP contribution in [0.1, 0.15) is 0 Å². The fourth-order valence-corrected chi connectivity index (χ4v) is 2.75. The molecule has 0 saturated carbocycles. The van der Waals surface area contributed by atoms with Crippen LogP contribution in [-0.2, 0) is 0 Å². The van der Waals surface area contributed by atoms with Gasteiger partial charge in [0.25, 0.3) is 0 Å². The van der Waals surface area contributed by atoms with Gasteiger partial charge in [-0.25, -0.2) is 9.97 Å². The standard InChI is InChI=1S/C6H4BrN5S2/c7-3-1-4(11-5(8)10-3)14-6-12-9-2-13-6/h1-2H,(H2,8,10,11). The lowest BCUT2D eigenvalue weighted by Crippen LogP contribution is -1.95. The molecule has 2 rings (SSSR count). The highest BCUT2D eigenvalue weighted by Crippen LogP contribution is 2.28. The molecule has 2 aromatic rings. The molecule has 0 unspecified atom stereocenters. The van der Waals surface area contributed by atoms with Crippen molar-refractivity contribution >= 4 is 45.0 Å². The highest BCUT2D eigenvalue weighted by Gasteiger charge is 2.04. The quantitative estimate of drug-likeness (QED) is 0.850. The van der Waals surface area contributed by atoms with E-state index in [1.807, 2.05) is 0 Å². The number of halogens is 1. The third kappa shape index (κ3) is 2.40. The van der Waals surface area contributed by atoms with Crippen LogP contribution in [0.25, 0.3) is 0 Å². The van der Waals surface area contributed by atoms with E-state index in [0.717, 1.165) is 9.37 Å². The highest BCUT2D eigenvalue weighted by molar-refractivity contribution is 9.10. The van der Waals surface area contributed by atoms with Crippen LogP contribution in [0, 0.1) is 0 Å². The van der Waals surface area contributed by atoms with Crippen LogP contribution in [0.2, 0.25) is 0 Å². The first-order chi connectivity index (χ1) is 6.74. The van der Waals surface area contributed by atoms with Crippen LogP contribution in [0.15, 0.2) is 25.5 Å². The van der Waals surface area contributed by atoms with Gasteiger partial charge in [-0.05, 0) is 27.7 Å². The Balaban J connectivity index is 2.25. The van der Waals surface area contributed by atoms with Gasteiger partial charge in [0.1, 0.15) is 15.1 Å². The Morgan fingerprint density at radius 2 is 2.29 bits per heavy atom. The van der Waals surface area contributed by atoms with Crippen molar-refractivity contribution in [1.29, 1.82) is 0 Å². The van der Waals surface area contributed by atoms with Crippen LogP contribution in [-0.4, -0.2) is 20.2 Å². The van der Waals surface area contributed by atoms with E-state index in [1.54, 1.807) is 11.6 Å². The number of anilines is 1. The first kappa shape index (κ1) is 9.81. The van der Waals surface area contributed by atoms with Gasteiger partial charge in [-0.3, -0.25) is 0 Å². The molecule has 2 N–H and O–H groups in total. The summed E-state index contributed by atoms with van der Waals surface area (Å²) in [5.41, 5.74) is 7.16. The summed E-state index contributed by atoms with van der Waals surface area (Å²) in [6.45, 7) is 0. The zero-order valence-corrected chi connectivity index (χ0v) is 9.93. The summed E-state index contributed by atoms with van der Waals surface area (Å²) in [7, 11) is 0. The molecule has 0 aliphatic carbocycles. The van der Waals surface area contributed by atoms with Crippen molar-refractivity contribution in [1.82, 2.24) is 20.2 Å². The summed E-state index contributed by atoms with van der Waals surface area (Å²) in [5.74, 6) is 0.242. The molecule has 0 aliphatic heterocycles. The van der Waals surface area contributed by atoms with E-state index in [9.17, 15) is 0 Å². The highest BCUT2D eigenvalue weighted by atomic mass is 79.9. The zero-order chi connectivity index (χ0) is 9.97. The Morgan fingerprint density at radius 1 is 1.43 bits per heavy atom. The summed E-state index contributed by atoms with van der Waals surface area (Å²) < 4.78 is 1.49. The van der Waals surface area contributed by atoms with E-state index in [0.29, 0.717) is 4.60 Å². The predicted octanol–water partition coefficient (Wildman–Crippen LogP) is 1.82. The lowest BCUT2D eigenvalue weighted by Gasteiger charge is -1.98. The number of hydrogen-bond donors (Lipinski definition) is 1. The molecule has 2 aromatic heterocycles. The maximum atomic E-state index is 5.49. The SMILES string of the molecule is Nc1nc(Br)cc(Sc2nncs2)n1. The fourth-order valence-electron chi connectivity index (χ4n) is 0.763. The number of nitrogen functional groups attached to an aromatic ring is 1. The Morgan fingerprint density at radius 3 is 2.93 bits per heavy atom. The summed E-state index contributed by atoms with van der Waals surface area (Å²) in [6.07, 6.45) is 0. The summed E-state index contributed by atoms with van der Waals surface area (Å²) in [4.78, 5) is 7.95. The van der Waals surface area contributed by atoms with Gasteiger partial charge < -0.3 is 5.73 Å². The molecular weight excluding hydrogens is 286 g/mol. The van der Waals surface area contributed by atoms with Crippen molar-refractivity contribution in [3.63, 3.8) is 0 Å². The van der Waals surface area contributed by atoms with Crippen LogP contribution in [0.4, 0.5) is 5.95 Å². The Labute approximate surface area is 96.3 Å².